The Balaban J connectivity index is 1.89. The lowest BCUT2D eigenvalue weighted by atomic mass is 10.1. The molecule has 0 aliphatic carbocycles. The topological polar surface area (TPSA) is 38.3 Å². The van der Waals surface area contributed by atoms with Gasteiger partial charge in [-0.05, 0) is 29.8 Å². The number of nitrogens with one attached hydrogen (secondary N) is 1. The van der Waals surface area contributed by atoms with E-state index in [0.717, 1.165) is 16.3 Å². The molecule has 0 fully saturated rings. The molecule has 2 aromatic rings. The maximum atomic E-state index is 12.0. The van der Waals surface area contributed by atoms with Crippen molar-refractivity contribution in [2.75, 3.05) is 19.8 Å². The molecule has 2 aromatic carbocycles. The smallest absolute Gasteiger partial charge is 0.251 e. The zero-order chi connectivity index (χ0) is 14.4. The lowest BCUT2D eigenvalue weighted by molar-refractivity contribution is 0.0927. The molecule has 0 saturated carbocycles. The molecule has 0 spiro atoms. The summed E-state index contributed by atoms with van der Waals surface area (Å²) in [5, 5.41) is 5.05. The lowest BCUT2D eigenvalue weighted by Gasteiger charge is -2.07. The number of rotatable bonds is 6. The molecule has 3 heteroatoms. The summed E-state index contributed by atoms with van der Waals surface area (Å²) in [5.41, 5.74) is 1.65. The molecule has 0 aromatic heterocycles. The van der Waals surface area contributed by atoms with Gasteiger partial charge in [0.05, 0.1) is 13.2 Å². The first-order valence-electron chi connectivity index (χ1n) is 6.66. The number of fused-ring (bicyclic) bond motifs is 1. The number of hydrogen-bond acceptors (Lipinski definition) is 2. The van der Waals surface area contributed by atoms with Gasteiger partial charge in [0.2, 0.25) is 0 Å². The van der Waals surface area contributed by atoms with Crippen LogP contribution in [-0.2, 0) is 4.74 Å². The summed E-state index contributed by atoms with van der Waals surface area (Å²) in [7, 11) is 0. The molecule has 0 atom stereocenters. The van der Waals surface area contributed by atoms with E-state index >= 15 is 0 Å². The van der Waals surface area contributed by atoms with E-state index in [4.69, 9.17) is 4.74 Å². The van der Waals surface area contributed by atoms with Gasteiger partial charge in [0.15, 0.2) is 0 Å². The van der Waals surface area contributed by atoms with Crippen LogP contribution in [0.15, 0.2) is 54.6 Å². The molecule has 1 amide bonds. The predicted octanol–water partition coefficient (Wildman–Crippen LogP) is 3.16. The maximum absolute atomic E-state index is 12.0. The molecule has 0 aliphatic rings. The van der Waals surface area contributed by atoms with Crippen molar-refractivity contribution in [1.82, 2.24) is 5.32 Å². The number of carbonyl (C=O) groups excluding carboxylic acids is 1. The normalized spacial score (nSPS) is 10.4. The van der Waals surface area contributed by atoms with Crippen LogP contribution in [0.3, 0.4) is 0 Å². The van der Waals surface area contributed by atoms with E-state index in [2.05, 4.69) is 11.9 Å². The lowest BCUT2D eigenvalue weighted by Crippen LogP contribution is -2.27. The van der Waals surface area contributed by atoms with Gasteiger partial charge in [-0.2, -0.15) is 0 Å². The molecule has 0 radical (unpaired) electrons. The highest BCUT2D eigenvalue weighted by molar-refractivity contribution is 5.98. The van der Waals surface area contributed by atoms with Gasteiger partial charge in [-0.1, -0.05) is 42.5 Å². The minimum Gasteiger partial charge on any atom is -0.375 e. The molecule has 0 unspecified atom stereocenters. The third-order valence-electron chi connectivity index (χ3n) is 2.89. The second-order valence-electron chi connectivity index (χ2n) is 4.83. The van der Waals surface area contributed by atoms with Crippen molar-refractivity contribution in [2.45, 2.75) is 6.92 Å². The third kappa shape index (κ3) is 3.93. The van der Waals surface area contributed by atoms with E-state index in [9.17, 15) is 4.79 Å². The molecular weight excluding hydrogens is 250 g/mol. The van der Waals surface area contributed by atoms with Gasteiger partial charge < -0.3 is 10.1 Å². The van der Waals surface area contributed by atoms with Crippen LogP contribution in [0.2, 0.25) is 0 Å². The van der Waals surface area contributed by atoms with E-state index in [1.807, 2.05) is 49.4 Å². The largest absolute Gasteiger partial charge is 0.375 e. The molecule has 0 aliphatic heterocycles. The Morgan fingerprint density at radius 1 is 1.20 bits per heavy atom. The van der Waals surface area contributed by atoms with Crippen molar-refractivity contribution in [3.8, 4) is 0 Å². The van der Waals surface area contributed by atoms with Crippen LogP contribution >= 0.6 is 0 Å². The van der Waals surface area contributed by atoms with Crippen molar-refractivity contribution >= 4 is 16.7 Å². The summed E-state index contributed by atoms with van der Waals surface area (Å²) < 4.78 is 5.34. The van der Waals surface area contributed by atoms with Crippen molar-refractivity contribution in [3.63, 3.8) is 0 Å². The second-order valence-corrected chi connectivity index (χ2v) is 4.83. The monoisotopic (exact) mass is 269 g/mol. The predicted molar refractivity (Wildman–Crippen MR) is 81.9 cm³/mol. The standard InChI is InChI=1S/C17H19NO2/c1-13(2)12-20-10-9-18-17(19)16-8-7-14-5-3-4-6-15(14)11-16/h3-8,11H,1,9-10,12H2,2H3,(H,18,19). The van der Waals surface area contributed by atoms with Crippen molar-refractivity contribution in [1.29, 1.82) is 0 Å². The molecule has 0 heterocycles. The van der Waals surface area contributed by atoms with Gasteiger partial charge in [0.1, 0.15) is 0 Å². The Hall–Kier alpha value is -2.13. The van der Waals surface area contributed by atoms with E-state index in [-0.39, 0.29) is 5.91 Å². The number of benzene rings is 2. The van der Waals surface area contributed by atoms with E-state index in [1.54, 1.807) is 0 Å². The number of ether oxygens (including phenoxy) is 1. The quantitative estimate of drug-likeness (QED) is 0.646. The average molecular weight is 269 g/mol. The summed E-state index contributed by atoms with van der Waals surface area (Å²) in [6.07, 6.45) is 0. The van der Waals surface area contributed by atoms with Crippen molar-refractivity contribution in [3.05, 3.63) is 60.2 Å². The molecular formula is C17H19NO2. The van der Waals surface area contributed by atoms with Gasteiger partial charge in [-0.15, -0.1) is 0 Å². The van der Waals surface area contributed by atoms with E-state index in [0.29, 0.717) is 25.3 Å². The van der Waals surface area contributed by atoms with Crippen LogP contribution in [0.1, 0.15) is 17.3 Å². The maximum Gasteiger partial charge on any atom is 0.251 e. The fourth-order valence-corrected chi connectivity index (χ4v) is 1.92. The highest BCUT2D eigenvalue weighted by Gasteiger charge is 2.05. The fraction of sp³-hybridized carbons (Fsp3) is 0.235. The van der Waals surface area contributed by atoms with Gasteiger partial charge in [0, 0.05) is 12.1 Å². The first kappa shape index (κ1) is 14.3. The van der Waals surface area contributed by atoms with E-state index < -0.39 is 0 Å². The van der Waals surface area contributed by atoms with Crippen LogP contribution in [0.25, 0.3) is 10.8 Å². The summed E-state index contributed by atoms with van der Waals surface area (Å²) >= 11 is 0. The molecule has 0 bridgehead atoms. The number of carbonyl (C=O) groups is 1. The summed E-state index contributed by atoms with van der Waals surface area (Å²) in [4.78, 5) is 12.0. The highest BCUT2D eigenvalue weighted by Crippen LogP contribution is 2.15. The molecule has 0 saturated heterocycles. The number of amides is 1. The molecule has 2 rings (SSSR count). The highest BCUT2D eigenvalue weighted by atomic mass is 16.5. The van der Waals surface area contributed by atoms with Gasteiger partial charge in [-0.3, -0.25) is 4.79 Å². The Labute approximate surface area is 119 Å². The zero-order valence-corrected chi connectivity index (χ0v) is 11.7. The van der Waals surface area contributed by atoms with Gasteiger partial charge in [0.25, 0.3) is 5.91 Å². The minimum absolute atomic E-state index is 0.0744. The zero-order valence-electron chi connectivity index (χ0n) is 11.7. The van der Waals surface area contributed by atoms with Crippen LogP contribution in [0, 0.1) is 0 Å². The van der Waals surface area contributed by atoms with Crippen LogP contribution in [0.5, 0.6) is 0 Å². The Morgan fingerprint density at radius 2 is 1.95 bits per heavy atom. The summed E-state index contributed by atoms with van der Waals surface area (Å²) in [5.74, 6) is -0.0744. The van der Waals surface area contributed by atoms with Gasteiger partial charge in [-0.25, -0.2) is 0 Å². The molecule has 1 N–H and O–H groups in total. The molecule has 20 heavy (non-hydrogen) atoms. The first-order valence-corrected chi connectivity index (χ1v) is 6.66. The first-order chi connectivity index (χ1) is 9.66. The second kappa shape index (κ2) is 6.87. The Morgan fingerprint density at radius 3 is 2.70 bits per heavy atom. The Kier molecular flexibility index (Phi) is 4.91. The molecule has 104 valence electrons. The van der Waals surface area contributed by atoms with Crippen LogP contribution in [0.4, 0.5) is 0 Å². The summed E-state index contributed by atoms with van der Waals surface area (Å²) in [6, 6.07) is 13.7. The minimum atomic E-state index is -0.0744. The third-order valence-corrected chi connectivity index (χ3v) is 2.89. The van der Waals surface area contributed by atoms with E-state index in [1.165, 1.54) is 0 Å². The van der Waals surface area contributed by atoms with Crippen molar-refractivity contribution < 1.29 is 9.53 Å². The van der Waals surface area contributed by atoms with Crippen LogP contribution in [-0.4, -0.2) is 25.7 Å². The summed E-state index contributed by atoms with van der Waals surface area (Å²) in [6.45, 7) is 7.19. The van der Waals surface area contributed by atoms with Crippen molar-refractivity contribution in [2.24, 2.45) is 0 Å². The van der Waals surface area contributed by atoms with Crippen LogP contribution < -0.4 is 5.32 Å². The molecule has 3 nitrogen and oxygen atoms in total. The Bertz CT molecular complexity index is 619. The van der Waals surface area contributed by atoms with Gasteiger partial charge >= 0.3 is 0 Å². The average Bonchev–Trinajstić information content (AvgIpc) is 2.46. The fourth-order valence-electron chi connectivity index (χ4n) is 1.92. The SMILES string of the molecule is C=C(C)COCCNC(=O)c1ccc2ccccc2c1. The number of hydrogen-bond donors (Lipinski definition) is 1.